The second-order valence-electron chi connectivity index (χ2n) is 5.35. The van der Waals surface area contributed by atoms with Crippen LogP contribution in [-0.2, 0) is 0 Å². The number of para-hydroxylation sites is 1. The zero-order chi connectivity index (χ0) is 15.3. The molecule has 0 aliphatic heterocycles. The third-order valence-corrected chi connectivity index (χ3v) is 4.47. The van der Waals surface area contributed by atoms with E-state index < -0.39 is 0 Å². The quantitative estimate of drug-likeness (QED) is 0.456. The van der Waals surface area contributed by atoms with Crippen molar-refractivity contribution in [3.63, 3.8) is 0 Å². The van der Waals surface area contributed by atoms with Gasteiger partial charge in [0.2, 0.25) is 0 Å². The van der Waals surface area contributed by atoms with Gasteiger partial charge in [-0.15, -0.1) is 0 Å². The molecular weight excluding hydrogens is 315 g/mol. The molecule has 2 aromatic carbocycles. The standard InChI is InChI=1S/C18H12Cl2N2/c1-10-3-2-4-12-14(9-21-18(10)12)17-8-15(20)13-6-5-11(19)7-16(13)22-17/h2-9,21H,1H3. The molecule has 0 saturated carbocycles. The first kappa shape index (κ1) is 13.6. The highest BCUT2D eigenvalue weighted by Gasteiger charge is 2.11. The van der Waals surface area contributed by atoms with Crippen molar-refractivity contribution >= 4 is 45.0 Å². The number of aryl methyl sites for hydroxylation is 1. The molecule has 2 nitrogen and oxygen atoms in total. The van der Waals surface area contributed by atoms with Crippen LogP contribution in [0.1, 0.15) is 5.56 Å². The lowest BCUT2D eigenvalue weighted by Gasteiger charge is -2.05. The molecule has 4 rings (SSSR count). The first-order valence-corrected chi connectivity index (χ1v) is 7.72. The number of halogens is 2. The number of hydrogen-bond acceptors (Lipinski definition) is 1. The van der Waals surface area contributed by atoms with E-state index in [2.05, 4.69) is 30.1 Å². The Balaban J connectivity index is 2.02. The van der Waals surface area contributed by atoms with Crippen LogP contribution in [0.25, 0.3) is 33.1 Å². The van der Waals surface area contributed by atoms with Gasteiger partial charge in [0.15, 0.2) is 0 Å². The summed E-state index contributed by atoms with van der Waals surface area (Å²) in [5.41, 5.74) is 5.02. The van der Waals surface area contributed by atoms with E-state index in [4.69, 9.17) is 28.2 Å². The summed E-state index contributed by atoms with van der Waals surface area (Å²) < 4.78 is 0. The minimum Gasteiger partial charge on any atom is -0.360 e. The summed E-state index contributed by atoms with van der Waals surface area (Å²) >= 11 is 12.5. The van der Waals surface area contributed by atoms with Crippen LogP contribution in [0.3, 0.4) is 0 Å². The van der Waals surface area contributed by atoms with E-state index in [0.29, 0.717) is 10.0 Å². The van der Waals surface area contributed by atoms with Crippen molar-refractivity contribution in [1.82, 2.24) is 9.97 Å². The average molecular weight is 327 g/mol. The Hall–Kier alpha value is -2.03. The lowest BCUT2D eigenvalue weighted by Crippen LogP contribution is -1.86. The van der Waals surface area contributed by atoms with Gasteiger partial charge in [0, 0.05) is 33.1 Å². The Morgan fingerprint density at radius 1 is 1.00 bits per heavy atom. The number of aromatic nitrogens is 2. The molecule has 0 aliphatic rings. The van der Waals surface area contributed by atoms with E-state index >= 15 is 0 Å². The SMILES string of the molecule is Cc1cccc2c(-c3cc(Cl)c4ccc(Cl)cc4n3)c[nH]c12. The van der Waals surface area contributed by atoms with E-state index in [1.54, 1.807) is 0 Å². The normalized spacial score (nSPS) is 11.4. The van der Waals surface area contributed by atoms with E-state index in [1.807, 2.05) is 30.5 Å². The lowest BCUT2D eigenvalue weighted by atomic mass is 10.1. The fraction of sp³-hybridized carbons (Fsp3) is 0.0556. The number of benzene rings is 2. The highest BCUT2D eigenvalue weighted by atomic mass is 35.5. The smallest absolute Gasteiger partial charge is 0.0746 e. The Kier molecular flexibility index (Phi) is 3.10. The fourth-order valence-electron chi connectivity index (χ4n) is 2.81. The molecule has 4 aromatic rings. The average Bonchev–Trinajstić information content (AvgIpc) is 2.92. The van der Waals surface area contributed by atoms with Gasteiger partial charge in [0.25, 0.3) is 0 Å². The minimum absolute atomic E-state index is 0.656. The number of nitrogens with one attached hydrogen (secondary N) is 1. The molecule has 2 heterocycles. The van der Waals surface area contributed by atoms with E-state index in [0.717, 1.165) is 33.1 Å². The first-order valence-electron chi connectivity index (χ1n) is 6.96. The number of hydrogen-bond donors (Lipinski definition) is 1. The van der Waals surface area contributed by atoms with Crippen LogP contribution in [0.15, 0.2) is 48.7 Å². The number of aromatic amines is 1. The molecule has 108 valence electrons. The van der Waals surface area contributed by atoms with Crippen molar-refractivity contribution in [2.24, 2.45) is 0 Å². The summed E-state index contributed by atoms with van der Waals surface area (Å²) in [6, 6.07) is 13.7. The van der Waals surface area contributed by atoms with Crippen LogP contribution >= 0.6 is 23.2 Å². The van der Waals surface area contributed by atoms with Gasteiger partial charge in [-0.05, 0) is 36.8 Å². The van der Waals surface area contributed by atoms with Crippen molar-refractivity contribution in [3.05, 3.63) is 64.3 Å². The number of H-pyrrole nitrogens is 1. The third kappa shape index (κ3) is 2.07. The maximum absolute atomic E-state index is 6.42. The highest BCUT2D eigenvalue weighted by Crippen LogP contribution is 2.33. The molecule has 0 amide bonds. The van der Waals surface area contributed by atoms with Gasteiger partial charge in [-0.2, -0.15) is 0 Å². The van der Waals surface area contributed by atoms with Crippen molar-refractivity contribution in [1.29, 1.82) is 0 Å². The predicted molar refractivity (Wildman–Crippen MR) is 93.8 cm³/mol. The maximum atomic E-state index is 6.42. The molecule has 2 aromatic heterocycles. The summed E-state index contributed by atoms with van der Waals surface area (Å²) in [4.78, 5) is 8.05. The van der Waals surface area contributed by atoms with Crippen molar-refractivity contribution < 1.29 is 0 Å². The zero-order valence-electron chi connectivity index (χ0n) is 11.8. The summed E-state index contributed by atoms with van der Waals surface area (Å²) in [6.07, 6.45) is 1.98. The number of fused-ring (bicyclic) bond motifs is 2. The molecule has 0 saturated heterocycles. The molecule has 1 N–H and O–H groups in total. The van der Waals surface area contributed by atoms with Crippen molar-refractivity contribution in [3.8, 4) is 11.3 Å². The van der Waals surface area contributed by atoms with Gasteiger partial charge in [-0.25, -0.2) is 4.98 Å². The van der Waals surface area contributed by atoms with Gasteiger partial charge in [-0.3, -0.25) is 0 Å². The second-order valence-corrected chi connectivity index (χ2v) is 6.19. The Labute approximate surface area is 137 Å². The van der Waals surface area contributed by atoms with Gasteiger partial charge in [-0.1, -0.05) is 41.4 Å². The molecule has 0 radical (unpaired) electrons. The summed E-state index contributed by atoms with van der Waals surface area (Å²) in [5, 5.41) is 3.39. The van der Waals surface area contributed by atoms with E-state index in [-0.39, 0.29) is 0 Å². The zero-order valence-corrected chi connectivity index (χ0v) is 13.3. The van der Waals surface area contributed by atoms with Crippen LogP contribution in [-0.4, -0.2) is 9.97 Å². The maximum Gasteiger partial charge on any atom is 0.0746 e. The van der Waals surface area contributed by atoms with E-state index in [9.17, 15) is 0 Å². The monoisotopic (exact) mass is 326 g/mol. The van der Waals surface area contributed by atoms with Crippen LogP contribution in [0, 0.1) is 6.92 Å². The molecule has 0 bridgehead atoms. The Morgan fingerprint density at radius 2 is 1.86 bits per heavy atom. The van der Waals surface area contributed by atoms with Crippen LogP contribution < -0.4 is 0 Å². The largest absolute Gasteiger partial charge is 0.360 e. The predicted octanol–water partition coefficient (Wildman–Crippen LogP) is 6.00. The summed E-state index contributed by atoms with van der Waals surface area (Å²) in [6.45, 7) is 2.09. The van der Waals surface area contributed by atoms with Crippen molar-refractivity contribution in [2.45, 2.75) is 6.92 Å². The van der Waals surface area contributed by atoms with Gasteiger partial charge in [0.05, 0.1) is 16.2 Å². The van der Waals surface area contributed by atoms with Crippen LogP contribution in [0.5, 0.6) is 0 Å². The van der Waals surface area contributed by atoms with Gasteiger partial charge < -0.3 is 4.98 Å². The fourth-order valence-corrected chi connectivity index (χ4v) is 3.24. The summed E-state index contributed by atoms with van der Waals surface area (Å²) in [5.74, 6) is 0. The molecular formula is C18H12Cl2N2. The van der Waals surface area contributed by atoms with Crippen LogP contribution in [0.2, 0.25) is 10.0 Å². The topological polar surface area (TPSA) is 28.7 Å². The Morgan fingerprint density at radius 3 is 2.73 bits per heavy atom. The Bertz CT molecular complexity index is 1020. The molecule has 0 unspecified atom stereocenters. The second kappa shape index (κ2) is 5.01. The highest BCUT2D eigenvalue weighted by molar-refractivity contribution is 6.36. The number of pyridine rings is 1. The lowest BCUT2D eigenvalue weighted by molar-refractivity contribution is 1.39. The summed E-state index contributed by atoms with van der Waals surface area (Å²) in [7, 11) is 0. The minimum atomic E-state index is 0.656. The molecule has 0 spiro atoms. The first-order chi connectivity index (χ1) is 10.6. The number of rotatable bonds is 1. The van der Waals surface area contributed by atoms with Crippen molar-refractivity contribution in [2.75, 3.05) is 0 Å². The molecule has 0 fully saturated rings. The number of nitrogens with zero attached hydrogens (tertiary/aromatic N) is 1. The molecule has 4 heteroatoms. The molecule has 0 aliphatic carbocycles. The molecule has 22 heavy (non-hydrogen) atoms. The van der Waals surface area contributed by atoms with Gasteiger partial charge in [0.1, 0.15) is 0 Å². The third-order valence-electron chi connectivity index (χ3n) is 3.92. The van der Waals surface area contributed by atoms with Gasteiger partial charge >= 0.3 is 0 Å². The van der Waals surface area contributed by atoms with E-state index in [1.165, 1.54) is 5.56 Å². The van der Waals surface area contributed by atoms with Crippen LogP contribution in [0.4, 0.5) is 0 Å². The molecule has 0 atom stereocenters.